The number of carboxylic acid groups (broad SMARTS) is 2. The van der Waals surface area contributed by atoms with Gasteiger partial charge in [0.25, 0.3) is 0 Å². The van der Waals surface area contributed by atoms with Crippen molar-refractivity contribution in [2.75, 3.05) is 6.54 Å². The molecule has 79 heavy (non-hydrogen) atoms. The highest BCUT2D eigenvalue weighted by molar-refractivity contribution is 7.13. The Morgan fingerprint density at radius 2 is 0.924 bits per heavy atom. The molecule has 8 nitrogen and oxygen atoms in total. The summed E-state index contributed by atoms with van der Waals surface area (Å²) in [5.41, 5.74) is 4.97. The van der Waals surface area contributed by atoms with Crippen LogP contribution in [-0.4, -0.2) is 49.4 Å². The lowest BCUT2D eigenvalue weighted by Crippen LogP contribution is -2.48. The quantitative estimate of drug-likeness (QED) is 0.0241. The molecule has 6 aromatic rings. The van der Waals surface area contributed by atoms with Crippen LogP contribution >= 0.6 is 11.3 Å². The number of carbonyl (C=O) groups excluding carboxylic acids is 1. The molecule has 0 saturated heterocycles. The Morgan fingerprint density at radius 1 is 0.519 bits per heavy atom. The van der Waals surface area contributed by atoms with Crippen LogP contribution in [0.1, 0.15) is 167 Å². The van der Waals surface area contributed by atoms with Gasteiger partial charge >= 0.3 is 30.2 Å². The molecule has 5 aromatic carbocycles. The second kappa shape index (κ2) is 31.1. The van der Waals surface area contributed by atoms with Gasteiger partial charge in [-0.1, -0.05) is 169 Å². The summed E-state index contributed by atoms with van der Waals surface area (Å²) in [7, 11) is 0. The monoisotopic (exact) mass is 1110 g/mol. The summed E-state index contributed by atoms with van der Waals surface area (Å²) in [4.78, 5) is 43.3. The van der Waals surface area contributed by atoms with E-state index in [4.69, 9.17) is 4.98 Å². The van der Waals surface area contributed by atoms with Crippen molar-refractivity contribution in [1.82, 2.24) is 14.8 Å². The Morgan fingerprint density at radius 3 is 1.41 bits per heavy atom. The first kappa shape index (κ1) is 63.1. The van der Waals surface area contributed by atoms with Gasteiger partial charge in [0.15, 0.2) is 0 Å². The molecule has 15 heteroatoms. The number of hydrogen-bond donors (Lipinski definition) is 2. The van der Waals surface area contributed by atoms with E-state index in [0.29, 0.717) is 23.2 Å². The highest BCUT2D eigenvalue weighted by Gasteiger charge is 2.37. The van der Waals surface area contributed by atoms with Crippen molar-refractivity contribution in [3.8, 4) is 22.4 Å². The van der Waals surface area contributed by atoms with Crippen LogP contribution in [0.2, 0.25) is 0 Å². The molecular weight excluding hydrogens is 1040 g/mol. The van der Waals surface area contributed by atoms with Crippen LogP contribution in [0, 0.1) is 11.8 Å². The molecule has 0 aliphatic heterocycles. The third-order valence-corrected chi connectivity index (χ3v) is 14.6. The molecule has 0 aliphatic rings. The maximum atomic E-state index is 13.0. The highest BCUT2D eigenvalue weighted by atomic mass is 32.1. The minimum absolute atomic E-state index is 0.0490. The number of aryl methyl sites for hydroxylation is 2. The zero-order chi connectivity index (χ0) is 57.4. The minimum atomic E-state index is -4.50. The molecule has 0 saturated carbocycles. The zero-order valence-electron chi connectivity index (χ0n) is 45.7. The van der Waals surface area contributed by atoms with Crippen molar-refractivity contribution >= 4 is 29.2 Å². The van der Waals surface area contributed by atoms with Crippen LogP contribution in [0.15, 0.2) is 127 Å². The molecule has 0 spiro atoms. The number of halogens is 6. The molecule has 0 fully saturated rings. The summed E-state index contributed by atoms with van der Waals surface area (Å²) in [6, 6.07) is 32.5. The smallest absolute Gasteiger partial charge is 0.416 e. The van der Waals surface area contributed by atoms with Crippen LogP contribution in [0.25, 0.3) is 10.6 Å². The first-order valence-electron chi connectivity index (χ1n) is 27.2. The second-order valence-corrected chi connectivity index (χ2v) is 21.3. The van der Waals surface area contributed by atoms with Gasteiger partial charge in [-0.15, -0.1) is 11.3 Å². The number of rotatable bonds is 26. The Hall–Kier alpha value is -6.76. The molecule has 0 radical (unpaired) electrons. The molecule has 0 atom stereocenters. The van der Waals surface area contributed by atoms with E-state index >= 15 is 0 Å². The van der Waals surface area contributed by atoms with E-state index in [-0.39, 0.29) is 19.6 Å². The van der Waals surface area contributed by atoms with Gasteiger partial charge in [-0.05, 0) is 116 Å². The first-order chi connectivity index (χ1) is 37.7. The average molecular weight is 1110 g/mol. The Kier molecular flexibility index (Phi) is 24.9. The number of thiazole rings is 1. The van der Waals surface area contributed by atoms with Gasteiger partial charge in [0.2, 0.25) is 0 Å². The lowest BCUT2D eigenvalue weighted by Gasteiger charge is -2.38. The lowest BCUT2D eigenvalue weighted by molar-refractivity contribution is -0.159. The number of aliphatic carboxylic acids is 2. The fourth-order valence-electron chi connectivity index (χ4n) is 8.99. The number of benzene rings is 5. The number of amides is 1. The van der Waals surface area contributed by atoms with Gasteiger partial charge in [-0.3, -0.25) is 14.5 Å². The Bertz CT molecular complexity index is 2870. The van der Waals surface area contributed by atoms with Gasteiger partial charge in [0.05, 0.1) is 28.9 Å². The molecule has 2 N–H and O–H groups in total. The Balaban J connectivity index is 0.000000291. The normalized spacial score (nSPS) is 11.6. The number of nitrogens with zero attached hydrogens (tertiary/aromatic N) is 3. The second-order valence-electron chi connectivity index (χ2n) is 20.4. The van der Waals surface area contributed by atoms with Crippen molar-refractivity contribution in [2.45, 2.75) is 162 Å². The topological polar surface area (TPSA) is 111 Å². The number of unbranched alkanes of at least 4 members (excludes halogenated alkanes) is 11. The molecule has 1 heterocycles. The zero-order valence-corrected chi connectivity index (χ0v) is 46.5. The van der Waals surface area contributed by atoms with Crippen molar-refractivity contribution < 1.29 is 50.9 Å². The maximum Gasteiger partial charge on any atom is 0.416 e. The number of aromatic nitrogens is 1. The summed E-state index contributed by atoms with van der Waals surface area (Å²) in [6.45, 7) is 8.00. The molecule has 1 aromatic heterocycles. The predicted octanol–water partition coefficient (Wildman–Crippen LogP) is 16.6. The predicted molar refractivity (Wildman–Crippen MR) is 301 cm³/mol. The largest absolute Gasteiger partial charge is 0.480 e. The van der Waals surface area contributed by atoms with Crippen LogP contribution in [0.5, 0.6) is 0 Å². The van der Waals surface area contributed by atoms with Crippen molar-refractivity contribution in [3.63, 3.8) is 0 Å². The number of hydrogen-bond acceptors (Lipinski definition) is 6. The maximum absolute atomic E-state index is 13.0. The van der Waals surface area contributed by atoms with Crippen LogP contribution < -0.4 is 0 Å². The van der Waals surface area contributed by atoms with Crippen LogP contribution in [-0.2, 0) is 64.8 Å². The fraction of sp³-hybridized carbons (Fsp3) is 0.406. The van der Waals surface area contributed by atoms with Gasteiger partial charge in [0, 0.05) is 41.7 Å². The van der Waals surface area contributed by atoms with Gasteiger partial charge in [-0.25, -0.2) is 9.78 Å². The number of carbonyl (C=O) groups is 3. The molecule has 0 aliphatic carbocycles. The molecule has 0 unspecified atom stereocenters. The summed E-state index contributed by atoms with van der Waals surface area (Å²) in [6.07, 6.45) is 9.80. The first-order valence-corrected chi connectivity index (χ1v) is 28.1. The van der Waals surface area contributed by atoms with E-state index in [1.165, 1.54) is 107 Å². The van der Waals surface area contributed by atoms with E-state index in [1.807, 2.05) is 36.4 Å². The lowest BCUT2D eigenvalue weighted by atomic mass is 9.90. The van der Waals surface area contributed by atoms with Crippen LogP contribution in [0.3, 0.4) is 0 Å². The minimum Gasteiger partial charge on any atom is -0.480 e. The number of carboxylic acids is 2. The van der Waals surface area contributed by atoms with E-state index in [1.54, 1.807) is 54.3 Å². The van der Waals surface area contributed by atoms with E-state index in [9.17, 15) is 50.9 Å². The standard InChI is InChI=1S/C33H34F3NO3.C31H39F3N2O2S/c1-4-5-6-7-8-24-9-11-25(12-10-24)13-14-26-15-17-27(18-16-26)23-37(30(38)31(39)40)32(2,3)28-19-21-29(22-20-28)33(34,35)36;1-2-3-4-5-6-7-8-9-10-11-28-23-39-30(35-28)26-16-12-24(13-17-26)20-36(22-29(37)38)21-25-14-18-27(19-15-25)31(32,33)34/h9-12,15-22H,4-8,23H2,1-3H3,(H,39,40);12-19,23H,2-11,20-22H2,1H3,(H,37,38). The third-order valence-electron chi connectivity index (χ3n) is 13.7. The highest BCUT2D eigenvalue weighted by Crippen LogP contribution is 2.35. The summed E-state index contributed by atoms with van der Waals surface area (Å²) >= 11 is 1.64. The summed E-state index contributed by atoms with van der Waals surface area (Å²) in [5.74, 6) is 2.49. The van der Waals surface area contributed by atoms with E-state index < -0.39 is 46.9 Å². The SMILES string of the molecule is CCCCCCCCCCCc1csc(-c2ccc(CN(CC(=O)O)Cc3ccc(C(F)(F)F)cc3)cc2)n1.CCCCCCc1ccc(C#Cc2ccc(CN(C(=O)C(=O)O)C(C)(C)c3ccc(C(F)(F)F)cc3)cc2)cc1. The number of alkyl halides is 6. The van der Waals surface area contributed by atoms with E-state index in [0.717, 1.165) is 81.4 Å². The van der Waals surface area contributed by atoms with Crippen molar-refractivity contribution in [1.29, 1.82) is 0 Å². The molecule has 422 valence electrons. The summed E-state index contributed by atoms with van der Waals surface area (Å²) in [5, 5.41) is 21.9. The van der Waals surface area contributed by atoms with Gasteiger partial charge in [0.1, 0.15) is 5.01 Å². The van der Waals surface area contributed by atoms with Gasteiger partial charge in [-0.2, -0.15) is 26.3 Å². The van der Waals surface area contributed by atoms with E-state index in [2.05, 4.69) is 43.2 Å². The van der Waals surface area contributed by atoms with Gasteiger partial charge < -0.3 is 15.1 Å². The van der Waals surface area contributed by atoms with Crippen LogP contribution in [0.4, 0.5) is 26.3 Å². The molecule has 1 amide bonds. The fourth-order valence-corrected chi connectivity index (χ4v) is 9.85. The molecular formula is C64H73F6N3O5S. The average Bonchev–Trinajstić information content (AvgIpc) is 3.92. The third kappa shape index (κ3) is 21.4. The Labute approximate surface area is 465 Å². The van der Waals surface area contributed by atoms with Crippen molar-refractivity contribution in [3.05, 3.63) is 182 Å². The molecule has 6 rings (SSSR count). The van der Waals surface area contributed by atoms with Crippen molar-refractivity contribution in [2.24, 2.45) is 0 Å². The summed E-state index contributed by atoms with van der Waals surface area (Å²) < 4.78 is 77.5. The molecule has 0 bridgehead atoms.